The summed E-state index contributed by atoms with van der Waals surface area (Å²) in [4.78, 5) is 12.8. The number of rotatable bonds is 6. The van der Waals surface area contributed by atoms with Gasteiger partial charge in [0.15, 0.2) is 5.88 Å². The van der Waals surface area contributed by atoms with Crippen LogP contribution in [0.4, 0.5) is 0 Å². The molecular weight excluding hydrogens is 304 g/mol. The van der Waals surface area contributed by atoms with E-state index in [0.717, 1.165) is 5.56 Å². The molecule has 0 saturated carbocycles. The van der Waals surface area contributed by atoms with E-state index in [1.165, 1.54) is 0 Å². The van der Waals surface area contributed by atoms with Crippen molar-refractivity contribution in [1.82, 2.24) is 4.90 Å². The number of nitrogens with zero attached hydrogens (tertiary/aromatic N) is 1. The van der Waals surface area contributed by atoms with Crippen molar-refractivity contribution >= 4 is 5.78 Å². The Bertz CT molecular complexity index is 391. The molecule has 0 fully saturated rings. The maximum absolute atomic E-state index is 11.0. The van der Waals surface area contributed by atoms with Gasteiger partial charge >= 0.3 is 0 Å². The first-order valence-electron chi connectivity index (χ1n) is 6.47. The van der Waals surface area contributed by atoms with Gasteiger partial charge in [-0.2, -0.15) is 6.92 Å². The molecule has 0 heterocycles. The predicted octanol–water partition coefficient (Wildman–Crippen LogP) is 3.72. The number of Topliss-reactive ketones (excluding diaryl/α,β-unsaturated/α-hetero) is 1. The number of hydrogen-bond acceptors (Lipinski definition) is 3. The van der Waals surface area contributed by atoms with Crippen LogP contribution < -0.4 is 0 Å². The van der Waals surface area contributed by atoms with Crippen molar-refractivity contribution in [3.8, 4) is 0 Å². The first-order chi connectivity index (χ1) is 9.13. The number of aliphatic hydroxyl groups excluding tert-OH is 1. The monoisotopic (exact) mass is 326 g/mol. The van der Waals surface area contributed by atoms with Gasteiger partial charge in [-0.15, -0.1) is 0 Å². The first-order valence-corrected chi connectivity index (χ1v) is 6.47. The van der Waals surface area contributed by atoms with E-state index in [-0.39, 0.29) is 31.1 Å². The smallest absolute Gasteiger partial charge is 0.182 e. The molecule has 0 aliphatic rings. The zero-order chi connectivity index (χ0) is 14.7. The van der Waals surface area contributed by atoms with Crippen LogP contribution in [0.15, 0.2) is 42.3 Å². The SMILES string of the molecule is C/C=C(\O)N(CCC(C)=O)Cc1ccccc1.[CH2-]C.[Zn]. The van der Waals surface area contributed by atoms with E-state index < -0.39 is 0 Å². The molecule has 20 heavy (non-hydrogen) atoms. The Labute approximate surface area is 135 Å². The minimum absolute atomic E-state index is 0. The van der Waals surface area contributed by atoms with E-state index >= 15 is 0 Å². The molecule has 0 spiro atoms. The van der Waals surface area contributed by atoms with Crippen molar-refractivity contribution in [3.63, 3.8) is 0 Å². The number of hydrogen-bond donors (Lipinski definition) is 1. The zero-order valence-electron chi connectivity index (χ0n) is 12.8. The van der Waals surface area contributed by atoms with Gasteiger partial charge in [-0.25, -0.2) is 0 Å². The molecule has 0 aromatic heterocycles. The largest absolute Gasteiger partial charge is 0.495 e. The number of carbonyl (C=O) groups is 1. The van der Waals surface area contributed by atoms with Crippen LogP contribution in [0, 0.1) is 6.92 Å². The summed E-state index contributed by atoms with van der Waals surface area (Å²) < 4.78 is 0. The molecular formula is C16H24NO2Zn-. The Hall–Kier alpha value is -1.15. The van der Waals surface area contributed by atoms with Crippen LogP contribution in [0.5, 0.6) is 0 Å². The Kier molecular flexibility index (Phi) is 13.6. The maximum Gasteiger partial charge on any atom is 0.182 e. The van der Waals surface area contributed by atoms with E-state index in [1.807, 2.05) is 30.3 Å². The van der Waals surface area contributed by atoms with Crippen LogP contribution in [0.3, 0.4) is 0 Å². The van der Waals surface area contributed by atoms with Crippen LogP contribution in [0.2, 0.25) is 0 Å². The average Bonchev–Trinajstić information content (AvgIpc) is 2.45. The number of ketones is 1. The van der Waals surface area contributed by atoms with E-state index in [2.05, 4.69) is 6.92 Å². The van der Waals surface area contributed by atoms with E-state index in [9.17, 15) is 9.90 Å². The molecule has 0 saturated heterocycles. The third-order valence-corrected chi connectivity index (χ3v) is 2.53. The Morgan fingerprint density at radius 1 is 1.30 bits per heavy atom. The second-order valence-electron chi connectivity index (χ2n) is 4.01. The van der Waals surface area contributed by atoms with Gasteiger partial charge in [0.25, 0.3) is 0 Å². The van der Waals surface area contributed by atoms with Crippen molar-refractivity contribution in [3.05, 3.63) is 54.8 Å². The molecule has 108 valence electrons. The molecule has 1 aromatic rings. The van der Waals surface area contributed by atoms with Gasteiger partial charge in [-0.05, 0) is 25.5 Å². The van der Waals surface area contributed by atoms with Crippen LogP contribution >= 0.6 is 0 Å². The van der Waals surface area contributed by atoms with E-state index in [0.29, 0.717) is 19.5 Å². The molecule has 0 aliphatic carbocycles. The normalized spacial score (nSPS) is 9.90. The molecule has 0 amide bonds. The number of aliphatic hydroxyl groups is 1. The molecule has 1 N–H and O–H groups in total. The van der Waals surface area contributed by atoms with Crippen molar-refractivity contribution in [2.45, 2.75) is 33.7 Å². The van der Waals surface area contributed by atoms with E-state index in [1.54, 1.807) is 31.7 Å². The minimum atomic E-state index is 0. The molecule has 3 nitrogen and oxygen atoms in total. The summed E-state index contributed by atoms with van der Waals surface area (Å²) in [6, 6.07) is 9.89. The van der Waals surface area contributed by atoms with Gasteiger partial charge in [0.05, 0.1) is 0 Å². The zero-order valence-corrected chi connectivity index (χ0v) is 15.8. The van der Waals surface area contributed by atoms with Crippen LogP contribution in [0.25, 0.3) is 0 Å². The fourth-order valence-electron chi connectivity index (χ4n) is 1.55. The van der Waals surface area contributed by atoms with Gasteiger partial charge in [-0.3, -0.25) is 4.79 Å². The summed E-state index contributed by atoms with van der Waals surface area (Å²) in [6.45, 7) is 9.50. The fraction of sp³-hybridized carbons (Fsp3) is 0.375. The standard InChI is InChI=1S/C14H19NO2.C2H5.Zn/c1-3-14(17)15(10-9-12(2)16)11-13-7-5-4-6-8-13;1-2;/h3-8,17H,9-11H2,1-2H3;1H2,2H3;/q;-1;/b14-3-;;. The van der Waals surface area contributed by atoms with Crippen molar-refractivity contribution < 1.29 is 29.4 Å². The van der Waals surface area contributed by atoms with Gasteiger partial charge in [0.1, 0.15) is 5.78 Å². The molecule has 0 bridgehead atoms. The molecule has 1 aromatic carbocycles. The summed E-state index contributed by atoms with van der Waals surface area (Å²) in [6.07, 6.45) is 2.09. The summed E-state index contributed by atoms with van der Waals surface area (Å²) in [5.74, 6) is 0.349. The van der Waals surface area contributed by atoms with Gasteiger partial charge in [0.2, 0.25) is 0 Å². The molecule has 0 unspecified atom stereocenters. The summed E-state index contributed by atoms with van der Waals surface area (Å²) in [5, 5.41) is 9.77. The molecule has 0 aliphatic heterocycles. The minimum Gasteiger partial charge on any atom is -0.495 e. The fourth-order valence-corrected chi connectivity index (χ4v) is 1.55. The maximum atomic E-state index is 11.0. The van der Waals surface area contributed by atoms with E-state index in [4.69, 9.17) is 0 Å². The third kappa shape index (κ3) is 8.87. The van der Waals surface area contributed by atoms with Crippen molar-refractivity contribution in [2.75, 3.05) is 6.54 Å². The third-order valence-electron chi connectivity index (χ3n) is 2.53. The topological polar surface area (TPSA) is 40.5 Å². The molecule has 0 radical (unpaired) electrons. The Balaban J connectivity index is 0. The Morgan fingerprint density at radius 2 is 1.85 bits per heavy atom. The molecule has 0 atom stereocenters. The number of allylic oxidation sites excluding steroid dienone is 1. The van der Waals surface area contributed by atoms with Crippen LogP contribution in [0.1, 0.15) is 32.8 Å². The van der Waals surface area contributed by atoms with Crippen LogP contribution in [-0.4, -0.2) is 22.3 Å². The second kappa shape index (κ2) is 12.9. The van der Waals surface area contributed by atoms with Crippen molar-refractivity contribution in [2.24, 2.45) is 0 Å². The molecule has 4 heteroatoms. The summed E-state index contributed by atoms with van der Waals surface area (Å²) in [5.41, 5.74) is 1.12. The predicted molar refractivity (Wildman–Crippen MR) is 79.6 cm³/mol. The number of carbonyl (C=O) groups excluding carboxylic acids is 1. The first kappa shape index (κ1) is 21.2. The van der Waals surface area contributed by atoms with Gasteiger partial charge in [-0.1, -0.05) is 30.3 Å². The number of benzene rings is 1. The quantitative estimate of drug-likeness (QED) is 0.492. The summed E-state index contributed by atoms with van der Waals surface area (Å²) >= 11 is 0. The van der Waals surface area contributed by atoms with Crippen LogP contribution in [-0.2, 0) is 30.8 Å². The van der Waals surface area contributed by atoms with Crippen molar-refractivity contribution in [1.29, 1.82) is 0 Å². The second-order valence-corrected chi connectivity index (χ2v) is 4.01. The van der Waals surface area contributed by atoms with Gasteiger partial charge in [0, 0.05) is 39.0 Å². The molecule has 1 rings (SSSR count). The van der Waals surface area contributed by atoms with Gasteiger partial charge < -0.3 is 16.9 Å². The Morgan fingerprint density at radius 3 is 2.30 bits per heavy atom. The summed E-state index contributed by atoms with van der Waals surface area (Å²) in [7, 11) is 0. The average molecular weight is 328 g/mol.